The molecule has 104 valence electrons. The van der Waals surface area contributed by atoms with Gasteiger partial charge in [-0.05, 0) is 55.8 Å². The molecule has 0 aliphatic carbocycles. The van der Waals surface area contributed by atoms with Crippen molar-refractivity contribution in [2.45, 2.75) is 37.8 Å². The Balaban J connectivity index is 0.00000110. The van der Waals surface area contributed by atoms with E-state index >= 15 is 0 Å². The highest BCUT2D eigenvalue weighted by atomic mass is 35.5. The van der Waals surface area contributed by atoms with E-state index in [1.54, 1.807) is 11.1 Å². The van der Waals surface area contributed by atoms with Gasteiger partial charge in [0.05, 0.1) is 0 Å². The molecular formula is C16H23ClN2. The predicted octanol–water partition coefficient (Wildman–Crippen LogP) is 3.30. The van der Waals surface area contributed by atoms with Crippen molar-refractivity contribution in [2.75, 3.05) is 19.6 Å². The van der Waals surface area contributed by atoms with Gasteiger partial charge in [-0.2, -0.15) is 0 Å². The van der Waals surface area contributed by atoms with Crippen molar-refractivity contribution in [3.63, 3.8) is 0 Å². The van der Waals surface area contributed by atoms with E-state index in [1.807, 2.05) is 0 Å². The summed E-state index contributed by atoms with van der Waals surface area (Å²) < 4.78 is 0. The standard InChI is InChI=1S/C16H22N2.ClH/c1-2-4-14-13(3-1)15-5-6-16(14)18(15)11-12-7-9-17-10-8-12;/h1-4,12,15-17H,5-11H2;1H. The first-order chi connectivity index (χ1) is 8.93. The number of hydrogen-bond donors (Lipinski definition) is 1. The molecule has 1 aromatic carbocycles. The monoisotopic (exact) mass is 278 g/mol. The zero-order valence-corrected chi connectivity index (χ0v) is 12.2. The average Bonchev–Trinajstić information content (AvgIpc) is 2.96. The van der Waals surface area contributed by atoms with Crippen LogP contribution in [0.25, 0.3) is 0 Å². The van der Waals surface area contributed by atoms with Gasteiger partial charge in [-0.1, -0.05) is 24.3 Å². The zero-order valence-electron chi connectivity index (χ0n) is 11.3. The summed E-state index contributed by atoms with van der Waals surface area (Å²) in [5.74, 6) is 0.920. The Hall–Kier alpha value is -0.570. The second-order valence-corrected chi connectivity index (χ2v) is 6.13. The predicted molar refractivity (Wildman–Crippen MR) is 80.7 cm³/mol. The number of nitrogens with one attached hydrogen (secondary N) is 1. The summed E-state index contributed by atoms with van der Waals surface area (Å²) in [6.45, 7) is 3.77. The van der Waals surface area contributed by atoms with E-state index < -0.39 is 0 Å². The largest absolute Gasteiger partial charge is 0.317 e. The number of hydrogen-bond acceptors (Lipinski definition) is 2. The Morgan fingerprint density at radius 3 is 2.11 bits per heavy atom. The third-order valence-electron chi connectivity index (χ3n) is 5.16. The Morgan fingerprint density at radius 2 is 1.53 bits per heavy atom. The fourth-order valence-electron chi connectivity index (χ4n) is 4.27. The number of benzene rings is 1. The van der Waals surface area contributed by atoms with Crippen LogP contribution in [0, 0.1) is 5.92 Å². The third kappa shape index (κ3) is 2.20. The first-order valence-electron chi connectivity index (χ1n) is 7.49. The Kier molecular flexibility index (Phi) is 3.84. The minimum Gasteiger partial charge on any atom is -0.317 e. The molecule has 3 heteroatoms. The van der Waals surface area contributed by atoms with E-state index in [2.05, 4.69) is 34.5 Å². The lowest BCUT2D eigenvalue weighted by Crippen LogP contribution is -2.35. The number of fused-ring (bicyclic) bond motifs is 5. The average molecular weight is 279 g/mol. The minimum atomic E-state index is 0. The number of nitrogens with zero attached hydrogens (tertiary/aromatic N) is 1. The van der Waals surface area contributed by atoms with Gasteiger partial charge < -0.3 is 5.32 Å². The summed E-state index contributed by atoms with van der Waals surface area (Å²) in [4.78, 5) is 2.81. The molecule has 2 unspecified atom stereocenters. The Bertz CT molecular complexity index is 411. The number of rotatable bonds is 2. The van der Waals surface area contributed by atoms with Gasteiger partial charge in [0, 0.05) is 18.6 Å². The van der Waals surface area contributed by atoms with Crippen LogP contribution >= 0.6 is 12.4 Å². The molecule has 2 atom stereocenters. The highest BCUT2D eigenvalue weighted by Gasteiger charge is 2.43. The van der Waals surface area contributed by atoms with Crippen LogP contribution in [0.5, 0.6) is 0 Å². The van der Waals surface area contributed by atoms with E-state index in [-0.39, 0.29) is 12.4 Å². The van der Waals surface area contributed by atoms with Gasteiger partial charge in [-0.25, -0.2) is 0 Å². The van der Waals surface area contributed by atoms with Crippen molar-refractivity contribution in [3.05, 3.63) is 35.4 Å². The van der Waals surface area contributed by atoms with E-state index in [9.17, 15) is 0 Å². The second-order valence-electron chi connectivity index (χ2n) is 6.13. The number of piperidine rings is 1. The van der Waals surface area contributed by atoms with E-state index in [0.29, 0.717) is 0 Å². The highest BCUT2D eigenvalue weighted by molar-refractivity contribution is 5.85. The number of halogens is 1. The maximum atomic E-state index is 3.48. The van der Waals surface area contributed by atoms with Gasteiger partial charge >= 0.3 is 0 Å². The maximum absolute atomic E-state index is 3.48. The minimum absolute atomic E-state index is 0. The molecule has 0 saturated carbocycles. The summed E-state index contributed by atoms with van der Waals surface area (Å²) >= 11 is 0. The summed E-state index contributed by atoms with van der Waals surface area (Å²) in [6, 6.07) is 10.6. The third-order valence-corrected chi connectivity index (χ3v) is 5.16. The van der Waals surface area contributed by atoms with Gasteiger partial charge in [0.25, 0.3) is 0 Å². The molecule has 3 aliphatic heterocycles. The molecule has 2 bridgehead atoms. The van der Waals surface area contributed by atoms with Crippen molar-refractivity contribution in [3.8, 4) is 0 Å². The van der Waals surface area contributed by atoms with Crippen LogP contribution in [-0.2, 0) is 0 Å². The van der Waals surface area contributed by atoms with Gasteiger partial charge in [-0.3, -0.25) is 4.90 Å². The molecule has 4 rings (SSSR count). The molecule has 0 spiro atoms. The lowest BCUT2D eigenvalue weighted by molar-refractivity contribution is 0.168. The van der Waals surface area contributed by atoms with E-state index in [1.165, 1.54) is 45.3 Å². The summed E-state index contributed by atoms with van der Waals surface area (Å²) in [6.07, 6.45) is 5.50. The van der Waals surface area contributed by atoms with Gasteiger partial charge in [-0.15, -0.1) is 12.4 Å². The molecule has 2 nitrogen and oxygen atoms in total. The van der Waals surface area contributed by atoms with E-state index in [0.717, 1.165) is 18.0 Å². The summed E-state index contributed by atoms with van der Waals surface area (Å²) in [5, 5.41) is 3.48. The van der Waals surface area contributed by atoms with Gasteiger partial charge in [0.1, 0.15) is 0 Å². The van der Waals surface area contributed by atoms with Crippen molar-refractivity contribution in [2.24, 2.45) is 5.92 Å². The van der Waals surface area contributed by atoms with Crippen molar-refractivity contribution in [1.82, 2.24) is 10.2 Å². The molecule has 2 fully saturated rings. The first-order valence-corrected chi connectivity index (χ1v) is 7.49. The van der Waals surface area contributed by atoms with E-state index in [4.69, 9.17) is 0 Å². The van der Waals surface area contributed by atoms with Crippen LogP contribution in [-0.4, -0.2) is 24.5 Å². The normalized spacial score (nSPS) is 30.1. The molecule has 1 N–H and O–H groups in total. The molecule has 19 heavy (non-hydrogen) atoms. The Labute approximate surface area is 122 Å². The van der Waals surface area contributed by atoms with Crippen LogP contribution in [0.15, 0.2) is 24.3 Å². The lowest BCUT2D eigenvalue weighted by Gasteiger charge is -2.30. The van der Waals surface area contributed by atoms with Crippen LogP contribution in [0.1, 0.15) is 48.9 Å². The molecule has 3 heterocycles. The SMILES string of the molecule is Cl.c1ccc2c(c1)C1CCC2N1CC1CCNCC1. The Morgan fingerprint density at radius 1 is 0.947 bits per heavy atom. The molecule has 0 aromatic heterocycles. The topological polar surface area (TPSA) is 15.3 Å². The highest BCUT2D eigenvalue weighted by Crippen LogP contribution is 2.53. The van der Waals surface area contributed by atoms with Gasteiger partial charge in [0.2, 0.25) is 0 Å². The van der Waals surface area contributed by atoms with Crippen LogP contribution in [0.2, 0.25) is 0 Å². The lowest BCUT2D eigenvalue weighted by atomic mass is 9.92. The van der Waals surface area contributed by atoms with Crippen molar-refractivity contribution < 1.29 is 0 Å². The fraction of sp³-hybridized carbons (Fsp3) is 0.625. The smallest absolute Gasteiger partial charge is 0.0358 e. The van der Waals surface area contributed by atoms with Crippen LogP contribution < -0.4 is 5.32 Å². The molecular weight excluding hydrogens is 256 g/mol. The molecule has 1 aromatic rings. The van der Waals surface area contributed by atoms with Crippen molar-refractivity contribution in [1.29, 1.82) is 0 Å². The van der Waals surface area contributed by atoms with Crippen molar-refractivity contribution >= 4 is 12.4 Å². The molecule has 3 aliphatic rings. The summed E-state index contributed by atoms with van der Waals surface area (Å²) in [7, 11) is 0. The fourth-order valence-corrected chi connectivity index (χ4v) is 4.27. The van der Waals surface area contributed by atoms with Crippen LogP contribution in [0.3, 0.4) is 0 Å². The molecule has 0 radical (unpaired) electrons. The van der Waals surface area contributed by atoms with Crippen LogP contribution in [0.4, 0.5) is 0 Å². The maximum Gasteiger partial charge on any atom is 0.0358 e. The summed E-state index contributed by atoms with van der Waals surface area (Å²) in [5.41, 5.74) is 3.25. The second kappa shape index (κ2) is 5.43. The zero-order chi connectivity index (χ0) is 11.9. The quantitative estimate of drug-likeness (QED) is 0.893. The van der Waals surface area contributed by atoms with Gasteiger partial charge in [0.15, 0.2) is 0 Å². The molecule has 0 amide bonds. The first kappa shape index (κ1) is 13.4. The molecule has 2 saturated heterocycles.